The van der Waals surface area contributed by atoms with Crippen molar-refractivity contribution < 1.29 is 19.1 Å². The fourth-order valence-electron chi connectivity index (χ4n) is 2.99. The fourth-order valence-corrected chi connectivity index (χ4v) is 2.99. The Labute approximate surface area is 153 Å². The maximum atomic E-state index is 12.5. The number of anilines is 2. The van der Waals surface area contributed by atoms with Crippen LogP contribution in [0.2, 0.25) is 0 Å². The van der Waals surface area contributed by atoms with Crippen LogP contribution in [-0.2, 0) is 19.1 Å². The minimum atomic E-state index is -0.648. The van der Waals surface area contributed by atoms with Crippen molar-refractivity contribution in [1.82, 2.24) is 10.3 Å². The molecule has 2 fully saturated rings. The van der Waals surface area contributed by atoms with Crippen LogP contribution >= 0.6 is 0 Å². The first-order valence-electron chi connectivity index (χ1n) is 9.03. The number of ether oxygens (including phenoxy) is 2. The highest BCUT2D eigenvalue weighted by Crippen LogP contribution is 2.22. The van der Waals surface area contributed by atoms with Gasteiger partial charge >= 0.3 is 0 Å². The molecule has 1 aromatic heterocycles. The molecule has 26 heavy (non-hydrogen) atoms. The number of carbonyl (C=O) groups is 2. The minimum Gasteiger partial charge on any atom is -0.378 e. The van der Waals surface area contributed by atoms with Gasteiger partial charge in [-0.05, 0) is 18.1 Å². The monoisotopic (exact) mass is 362 g/mol. The third-order valence-electron chi connectivity index (χ3n) is 4.40. The molecule has 2 aliphatic heterocycles. The van der Waals surface area contributed by atoms with E-state index in [-0.39, 0.29) is 31.0 Å². The molecule has 0 radical (unpaired) electrons. The van der Waals surface area contributed by atoms with Crippen molar-refractivity contribution in [3.8, 4) is 0 Å². The van der Waals surface area contributed by atoms with Crippen molar-refractivity contribution in [1.29, 1.82) is 0 Å². The summed E-state index contributed by atoms with van der Waals surface area (Å²) in [5.74, 6) is 0.937. The van der Waals surface area contributed by atoms with Gasteiger partial charge in [-0.2, -0.15) is 0 Å². The molecule has 1 atom stereocenters. The Bertz CT molecular complexity index is 629. The number of nitrogens with zero attached hydrogens (tertiary/aromatic N) is 3. The molecule has 0 unspecified atom stereocenters. The molecule has 8 nitrogen and oxygen atoms in total. The van der Waals surface area contributed by atoms with Crippen LogP contribution in [0.25, 0.3) is 0 Å². The standard InChI is InChI=1S/C18H26N4O4/c1-13(2)9-17(23)20-11-15-18(24)22(12-26-15)14-3-4-16(19-10-14)21-5-7-25-8-6-21/h3-4,10,13,15H,5-9,11-12H2,1-2H3,(H,20,23)/t15-/m0/s1. The second-order valence-electron chi connectivity index (χ2n) is 6.93. The average Bonchev–Trinajstić information content (AvgIpc) is 3.01. The zero-order valence-corrected chi connectivity index (χ0v) is 15.3. The summed E-state index contributed by atoms with van der Waals surface area (Å²) in [6, 6.07) is 3.78. The Hall–Kier alpha value is -2.19. The van der Waals surface area contributed by atoms with Crippen molar-refractivity contribution >= 4 is 23.3 Å². The number of pyridine rings is 1. The van der Waals surface area contributed by atoms with Crippen LogP contribution in [0.15, 0.2) is 18.3 Å². The van der Waals surface area contributed by atoms with Gasteiger partial charge < -0.3 is 19.7 Å². The number of carbonyl (C=O) groups excluding carboxylic acids is 2. The molecule has 0 spiro atoms. The Balaban J connectivity index is 1.55. The summed E-state index contributed by atoms with van der Waals surface area (Å²) in [7, 11) is 0. The molecule has 0 aromatic carbocycles. The van der Waals surface area contributed by atoms with E-state index in [0.29, 0.717) is 25.3 Å². The topological polar surface area (TPSA) is 84.0 Å². The normalized spacial score (nSPS) is 20.7. The van der Waals surface area contributed by atoms with E-state index in [0.717, 1.165) is 18.9 Å². The van der Waals surface area contributed by atoms with Crippen LogP contribution in [-0.4, -0.2) is 62.5 Å². The summed E-state index contributed by atoms with van der Waals surface area (Å²) in [5, 5.41) is 2.76. The summed E-state index contributed by atoms with van der Waals surface area (Å²) in [6.45, 7) is 7.35. The predicted molar refractivity (Wildman–Crippen MR) is 97.0 cm³/mol. The zero-order valence-electron chi connectivity index (χ0n) is 15.3. The summed E-state index contributed by atoms with van der Waals surface area (Å²) in [5.41, 5.74) is 0.697. The molecular formula is C18H26N4O4. The van der Waals surface area contributed by atoms with Gasteiger partial charge in [0, 0.05) is 19.5 Å². The Morgan fingerprint density at radius 3 is 2.77 bits per heavy atom. The lowest BCUT2D eigenvalue weighted by Crippen LogP contribution is -2.39. The number of morpholine rings is 1. The van der Waals surface area contributed by atoms with E-state index in [1.165, 1.54) is 0 Å². The number of hydrogen-bond acceptors (Lipinski definition) is 6. The third kappa shape index (κ3) is 4.50. The first-order valence-corrected chi connectivity index (χ1v) is 9.03. The molecule has 2 amide bonds. The van der Waals surface area contributed by atoms with Gasteiger partial charge in [-0.1, -0.05) is 13.8 Å². The van der Waals surface area contributed by atoms with E-state index in [4.69, 9.17) is 9.47 Å². The Morgan fingerprint density at radius 1 is 1.35 bits per heavy atom. The number of aromatic nitrogens is 1. The van der Waals surface area contributed by atoms with Crippen LogP contribution in [0.1, 0.15) is 20.3 Å². The van der Waals surface area contributed by atoms with E-state index in [2.05, 4.69) is 15.2 Å². The lowest BCUT2D eigenvalue weighted by atomic mass is 10.1. The van der Waals surface area contributed by atoms with E-state index in [9.17, 15) is 9.59 Å². The van der Waals surface area contributed by atoms with Gasteiger partial charge in [0.15, 0.2) is 6.10 Å². The Morgan fingerprint density at radius 2 is 2.12 bits per heavy atom. The van der Waals surface area contributed by atoms with Crippen molar-refractivity contribution in [2.75, 3.05) is 49.4 Å². The molecule has 142 valence electrons. The molecule has 0 aliphatic carbocycles. The smallest absolute Gasteiger partial charge is 0.259 e. The molecule has 1 N–H and O–H groups in total. The summed E-state index contributed by atoms with van der Waals surface area (Å²) >= 11 is 0. The molecule has 1 aromatic rings. The Kier molecular flexibility index (Phi) is 6.05. The average molecular weight is 362 g/mol. The zero-order chi connectivity index (χ0) is 18.5. The number of hydrogen-bond donors (Lipinski definition) is 1. The second kappa shape index (κ2) is 8.46. The lowest BCUT2D eigenvalue weighted by molar-refractivity contribution is -0.124. The highest BCUT2D eigenvalue weighted by molar-refractivity contribution is 5.98. The third-order valence-corrected chi connectivity index (χ3v) is 4.40. The summed E-state index contributed by atoms with van der Waals surface area (Å²) in [6.07, 6.45) is 1.48. The van der Waals surface area contributed by atoms with Crippen LogP contribution in [0.4, 0.5) is 11.5 Å². The molecule has 3 heterocycles. The van der Waals surface area contributed by atoms with Crippen LogP contribution in [0.5, 0.6) is 0 Å². The van der Waals surface area contributed by atoms with Gasteiger partial charge in [0.05, 0.1) is 31.6 Å². The van der Waals surface area contributed by atoms with Gasteiger partial charge in [0.25, 0.3) is 5.91 Å². The van der Waals surface area contributed by atoms with E-state index >= 15 is 0 Å². The molecule has 3 rings (SSSR count). The quantitative estimate of drug-likeness (QED) is 0.805. The molecule has 2 aliphatic rings. The van der Waals surface area contributed by atoms with Gasteiger partial charge in [0.1, 0.15) is 12.5 Å². The number of amides is 2. The van der Waals surface area contributed by atoms with Crippen molar-refractivity contribution in [3.63, 3.8) is 0 Å². The SMILES string of the molecule is CC(C)CC(=O)NC[C@@H]1OCN(c2ccc(N3CCOCC3)nc2)C1=O. The fraction of sp³-hybridized carbons (Fsp3) is 0.611. The minimum absolute atomic E-state index is 0.0635. The van der Waals surface area contributed by atoms with E-state index in [1.807, 2.05) is 26.0 Å². The number of rotatable bonds is 6. The largest absolute Gasteiger partial charge is 0.378 e. The summed E-state index contributed by atoms with van der Waals surface area (Å²) in [4.78, 5) is 32.4. The highest BCUT2D eigenvalue weighted by atomic mass is 16.5. The maximum Gasteiger partial charge on any atom is 0.259 e. The molecule has 8 heteroatoms. The van der Waals surface area contributed by atoms with Gasteiger partial charge in [0.2, 0.25) is 5.91 Å². The molecule has 0 bridgehead atoms. The summed E-state index contributed by atoms with van der Waals surface area (Å²) < 4.78 is 10.9. The van der Waals surface area contributed by atoms with Crippen LogP contribution in [0.3, 0.4) is 0 Å². The molecule has 0 saturated carbocycles. The van der Waals surface area contributed by atoms with Gasteiger partial charge in [-0.3, -0.25) is 14.5 Å². The van der Waals surface area contributed by atoms with E-state index < -0.39 is 6.10 Å². The molecule has 2 saturated heterocycles. The maximum absolute atomic E-state index is 12.5. The lowest BCUT2D eigenvalue weighted by Gasteiger charge is -2.28. The van der Waals surface area contributed by atoms with Crippen molar-refractivity contribution in [2.45, 2.75) is 26.4 Å². The van der Waals surface area contributed by atoms with Crippen molar-refractivity contribution in [3.05, 3.63) is 18.3 Å². The van der Waals surface area contributed by atoms with Gasteiger partial charge in [-0.15, -0.1) is 0 Å². The van der Waals surface area contributed by atoms with Crippen LogP contribution < -0.4 is 15.1 Å². The second-order valence-corrected chi connectivity index (χ2v) is 6.93. The van der Waals surface area contributed by atoms with Gasteiger partial charge in [-0.25, -0.2) is 4.98 Å². The highest BCUT2D eigenvalue weighted by Gasteiger charge is 2.34. The van der Waals surface area contributed by atoms with E-state index in [1.54, 1.807) is 11.1 Å². The predicted octanol–water partition coefficient (Wildman–Crippen LogP) is 0.770. The first-order chi connectivity index (χ1) is 12.5. The number of nitrogens with one attached hydrogen (secondary N) is 1. The van der Waals surface area contributed by atoms with Crippen molar-refractivity contribution in [2.24, 2.45) is 5.92 Å². The first kappa shape index (κ1) is 18.6. The van der Waals surface area contributed by atoms with Crippen LogP contribution in [0, 0.1) is 5.92 Å². The molecular weight excluding hydrogens is 336 g/mol.